The molecule has 140 valence electrons. The van der Waals surface area contributed by atoms with Gasteiger partial charge in [-0.1, -0.05) is 17.7 Å². The van der Waals surface area contributed by atoms with E-state index in [9.17, 15) is 9.59 Å². The lowest BCUT2D eigenvalue weighted by Crippen LogP contribution is -2.50. The van der Waals surface area contributed by atoms with Crippen LogP contribution in [0, 0.1) is 0 Å². The van der Waals surface area contributed by atoms with Crippen LogP contribution in [0.5, 0.6) is 5.75 Å². The van der Waals surface area contributed by atoms with E-state index >= 15 is 0 Å². The van der Waals surface area contributed by atoms with E-state index in [0.717, 1.165) is 18.8 Å². The highest BCUT2D eigenvalue weighted by molar-refractivity contribution is 6.30. The number of rotatable bonds is 2. The van der Waals surface area contributed by atoms with Crippen LogP contribution < -0.4 is 20.3 Å². The SMILES string of the molecule is O=C1COc2cc(NC(=O)N3CCN(c4cccc(Cl)c4)CC3)ccc2N1. The molecule has 0 spiro atoms. The maximum atomic E-state index is 12.5. The number of carbonyl (C=O) groups is 2. The van der Waals surface area contributed by atoms with Crippen molar-refractivity contribution in [2.45, 2.75) is 0 Å². The number of halogens is 1. The summed E-state index contributed by atoms with van der Waals surface area (Å²) < 4.78 is 5.38. The Hall–Kier alpha value is -2.93. The molecule has 4 rings (SSSR count). The van der Waals surface area contributed by atoms with Gasteiger partial charge in [0.15, 0.2) is 6.61 Å². The molecule has 2 aliphatic heterocycles. The summed E-state index contributed by atoms with van der Waals surface area (Å²) in [6.07, 6.45) is 0. The Morgan fingerprint density at radius 1 is 1.11 bits per heavy atom. The standard InChI is InChI=1S/C19H19ClN4O3/c20-13-2-1-3-15(10-13)23-6-8-24(9-7-23)19(26)21-14-4-5-16-17(11-14)27-12-18(25)22-16/h1-5,10-11H,6-9,12H2,(H,21,26)(H,22,25). The number of anilines is 3. The van der Waals surface area contributed by atoms with Crippen LogP contribution in [0.15, 0.2) is 42.5 Å². The van der Waals surface area contributed by atoms with Gasteiger partial charge in [0.1, 0.15) is 5.75 Å². The number of piperazine rings is 1. The molecule has 2 aliphatic rings. The van der Waals surface area contributed by atoms with Gasteiger partial charge in [-0.05, 0) is 30.3 Å². The molecular weight excluding hydrogens is 368 g/mol. The van der Waals surface area contributed by atoms with Crippen LogP contribution in [0.2, 0.25) is 5.02 Å². The summed E-state index contributed by atoms with van der Waals surface area (Å²) in [5.41, 5.74) is 2.31. The second kappa shape index (κ2) is 7.36. The number of nitrogens with zero attached hydrogens (tertiary/aromatic N) is 2. The van der Waals surface area contributed by atoms with E-state index in [1.54, 1.807) is 23.1 Å². The van der Waals surface area contributed by atoms with Crippen LogP contribution in [0.1, 0.15) is 0 Å². The zero-order chi connectivity index (χ0) is 18.8. The first kappa shape index (κ1) is 17.5. The first-order valence-electron chi connectivity index (χ1n) is 8.72. The number of carbonyl (C=O) groups excluding carboxylic acids is 2. The van der Waals surface area contributed by atoms with Crippen molar-refractivity contribution in [2.75, 3.05) is 48.3 Å². The average Bonchev–Trinajstić information content (AvgIpc) is 2.68. The summed E-state index contributed by atoms with van der Waals surface area (Å²) >= 11 is 6.06. The fraction of sp³-hybridized carbons (Fsp3) is 0.263. The van der Waals surface area contributed by atoms with E-state index in [1.165, 1.54) is 0 Å². The minimum atomic E-state index is -0.183. The molecule has 2 aromatic rings. The highest BCUT2D eigenvalue weighted by Gasteiger charge is 2.22. The molecule has 0 radical (unpaired) electrons. The average molecular weight is 387 g/mol. The summed E-state index contributed by atoms with van der Waals surface area (Å²) in [7, 11) is 0. The van der Waals surface area contributed by atoms with Gasteiger partial charge in [0.25, 0.3) is 5.91 Å². The van der Waals surface area contributed by atoms with Crippen molar-refractivity contribution in [3.63, 3.8) is 0 Å². The quantitative estimate of drug-likeness (QED) is 0.832. The Kier molecular flexibility index (Phi) is 4.77. The van der Waals surface area contributed by atoms with Gasteiger partial charge in [0.05, 0.1) is 5.69 Å². The Morgan fingerprint density at radius 3 is 2.70 bits per heavy atom. The molecule has 3 amide bonds. The topological polar surface area (TPSA) is 73.9 Å². The van der Waals surface area contributed by atoms with Crippen LogP contribution in [0.3, 0.4) is 0 Å². The summed E-state index contributed by atoms with van der Waals surface area (Å²) in [6.45, 7) is 2.71. The van der Waals surface area contributed by atoms with Crippen molar-refractivity contribution < 1.29 is 14.3 Å². The maximum absolute atomic E-state index is 12.5. The highest BCUT2D eigenvalue weighted by atomic mass is 35.5. The molecule has 1 fully saturated rings. The maximum Gasteiger partial charge on any atom is 0.321 e. The van der Waals surface area contributed by atoms with E-state index in [2.05, 4.69) is 15.5 Å². The monoisotopic (exact) mass is 386 g/mol. The van der Waals surface area contributed by atoms with Crippen LogP contribution in [-0.4, -0.2) is 49.6 Å². The molecule has 0 saturated carbocycles. The van der Waals surface area contributed by atoms with Gasteiger partial charge in [0, 0.05) is 48.6 Å². The predicted molar refractivity (Wildman–Crippen MR) is 105 cm³/mol. The van der Waals surface area contributed by atoms with Crippen LogP contribution in [-0.2, 0) is 4.79 Å². The Labute approximate surface area is 161 Å². The fourth-order valence-electron chi connectivity index (χ4n) is 3.20. The Bertz CT molecular complexity index is 881. The number of hydrogen-bond donors (Lipinski definition) is 2. The van der Waals surface area contributed by atoms with Crippen molar-refractivity contribution in [3.05, 3.63) is 47.5 Å². The second-order valence-corrected chi connectivity index (χ2v) is 6.87. The minimum Gasteiger partial charge on any atom is -0.482 e. The Balaban J connectivity index is 1.35. The van der Waals surface area contributed by atoms with Gasteiger partial charge in [-0.2, -0.15) is 0 Å². The van der Waals surface area contributed by atoms with E-state index in [1.807, 2.05) is 24.3 Å². The van der Waals surface area contributed by atoms with Crippen molar-refractivity contribution in [1.82, 2.24) is 4.90 Å². The van der Waals surface area contributed by atoms with Gasteiger partial charge in [-0.25, -0.2) is 4.79 Å². The van der Waals surface area contributed by atoms with Crippen molar-refractivity contribution in [1.29, 1.82) is 0 Å². The van der Waals surface area contributed by atoms with Gasteiger partial charge in [0.2, 0.25) is 0 Å². The van der Waals surface area contributed by atoms with Crippen LogP contribution in [0.4, 0.5) is 21.9 Å². The fourth-order valence-corrected chi connectivity index (χ4v) is 3.38. The molecule has 8 heteroatoms. The number of benzene rings is 2. The van der Waals surface area contributed by atoms with E-state index in [-0.39, 0.29) is 18.5 Å². The van der Waals surface area contributed by atoms with Crippen LogP contribution in [0.25, 0.3) is 0 Å². The lowest BCUT2D eigenvalue weighted by molar-refractivity contribution is -0.118. The number of fused-ring (bicyclic) bond motifs is 1. The molecule has 27 heavy (non-hydrogen) atoms. The van der Waals surface area contributed by atoms with Gasteiger partial charge < -0.3 is 25.2 Å². The molecule has 2 N–H and O–H groups in total. The second-order valence-electron chi connectivity index (χ2n) is 6.43. The van der Waals surface area contributed by atoms with Crippen molar-refractivity contribution in [2.24, 2.45) is 0 Å². The first-order valence-corrected chi connectivity index (χ1v) is 9.09. The molecule has 0 unspecified atom stereocenters. The number of amides is 3. The van der Waals surface area contributed by atoms with Gasteiger partial charge in [-0.3, -0.25) is 4.79 Å². The van der Waals surface area contributed by atoms with E-state index < -0.39 is 0 Å². The predicted octanol–water partition coefficient (Wildman–Crippen LogP) is 3.03. The zero-order valence-corrected chi connectivity index (χ0v) is 15.3. The summed E-state index contributed by atoms with van der Waals surface area (Å²) in [5.74, 6) is 0.370. The largest absolute Gasteiger partial charge is 0.482 e. The first-order chi connectivity index (χ1) is 13.1. The zero-order valence-electron chi connectivity index (χ0n) is 14.6. The number of ether oxygens (including phenoxy) is 1. The number of urea groups is 1. The third kappa shape index (κ3) is 3.93. The molecule has 2 aromatic carbocycles. The number of nitrogens with one attached hydrogen (secondary N) is 2. The third-order valence-corrected chi connectivity index (χ3v) is 4.84. The normalized spacial score (nSPS) is 16.3. The van der Waals surface area contributed by atoms with Crippen LogP contribution >= 0.6 is 11.6 Å². The molecule has 0 aromatic heterocycles. The summed E-state index contributed by atoms with van der Waals surface area (Å²) in [5, 5.41) is 6.32. The molecule has 2 heterocycles. The van der Waals surface area contributed by atoms with E-state index in [4.69, 9.17) is 16.3 Å². The van der Waals surface area contributed by atoms with Crippen molar-refractivity contribution >= 4 is 40.6 Å². The molecule has 0 atom stereocenters. The molecule has 7 nitrogen and oxygen atoms in total. The third-order valence-electron chi connectivity index (χ3n) is 4.61. The molecule has 0 bridgehead atoms. The smallest absolute Gasteiger partial charge is 0.321 e. The lowest BCUT2D eigenvalue weighted by Gasteiger charge is -2.36. The van der Waals surface area contributed by atoms with Crippen molar-refractivity contribution in [3.8, 4) is 5.75 Å². The summed E-state index contributed by atoms with van der Waals surface area (Å²) in [4.78, 5) is 27.9. The van der Waals surface area contributed by atoms with E-state index in [0.29, 0.717) is 35.2 Å². The van der Waals surface area contributed by atoms with Gasteiger partial charge >= 0.3 is 6.03 Å². The molecule has 1 saturated heterocycles. The highest BCUT2D eigenvalue weighted by Crippen LogP contribution is 2.30. The Morgan fingerprint density at radius 2 is 1.93 bits per heavy atom. The molecular formula is C19H19ClN4O3. The lowest BCUT2D eigenvalue weighted by atomic mass is 10.2. The number of hydrogen-bond acceptors (Lipinski definition) is 4. The summed E-state index contributed by atoms with van der Waals surface area (Å²) in [6, 6.07) is 12.8. The molecule has 0 aliphatic carbocycles. The minimum absolute atomic E-state index is 0.0180. The van der Waals surface area contributed by atoms with Gasteiger partial charge in [-0.15, -0.1) is 0 Å².